The van der Waals surface area contributed by atoms with E-state index in [4.69, 9.17) is 5.73 Å². The van der Waals surface area contributed by atoms with Gasteiger partial charge in [0.05, 0.1) is 0 Å². The predicted molar refractivity (Wildman–Crippen MR) is 65.6 cm³/mol. The molecular weight excluding hydrogens is 202 g/mol. The third-order valence-electron chi connectivity index (χ3n) is 2.12. The number of nitrogens with two attached hydrogens (primary N) is 1. The highest BCUT2D eigenvalue weighted by Crippen LogP contribution is 2.06. The van der Waals surface area contributed by atoms with Gasteiger partial charge in [0.2, 0.25) is 0 Å². The number of benzene rings is 1. The Kier molecular flexibility index (Phi) is 4.39. The molecule has 0 aliphatic heterocycles. The van der Waals surface area contributed by atoms with Crippen LogP contribution in [0.4, 0.5) is 5.69 Å². The van der Waals surface area contributed by atoms with Crippen molar-refractivity contribution >= 4 is 11.6 Å². The lowest BCUT2D eigenvalue weighted by atomic mass is 10.3. The maximum absolute atomic E-state index is 11.7. The molecule has 0 saturated carbocycles. The van der Waals surface area contributed by atoms with Gasteiger partial charge in [-0.15, -0.1) is 0 Å². The van der Waals surface area contributed by atoms with Crippen LogP contribution >= 0.6 is 0 Å². The van der Waals surface area contributed by atoms with Crippen molar-refractivity contribution in [3.63, 3.8) is 0 Å². The van der Waals surface area contributed by atoms with Gasteiger partial charge in [0.1, 0.15) is 5.70 Å². The van der Waals surface area contributed by atoms with Gasteiger partial charge in [-0.1, -0.05) is 18.2 Å². The van der Waals surface area contributed by atoms with Crippen molar-refractivity contribution in [1.82, 2.24) is 5.32 Å². The minimum Gasteiger partial charge on any atom is -0.393 e. The van der Waals surface area contributed by atoms with Crippen LogP contribution < -0.4 is 16.4 Å². The van der Waals surface area contributed by atoms with Gasteiger partial charge < -0.3 is 16.4 Å². The number of hydrogen-bond donors (Lipinski definition) is 3. The van der Waals surface area contributed by atoms with Crippen molar-refractivity contribution in [2.24, 2.45) is 5.73 Å². The van der Waals surface area contributed by atoms with Crippen molar-refractivity contribution in [2.75, 3.05) is 11.9 Å². The molecule has 1 aromatic rings. The first-order chi connectivity index (χ1) is 7.65. The Hall–Kier alpha value is -1.97. The molecule has 1 rings (SSSR count). The Balaban J connectivity index is 2.69. The highest BCUT2D eigenvalue weighted by atomic mass is 16.2. The van der Waals surface area contributed by atoms with Crippen LogP contribution in [0.15, 0.2) is 41.7 Å². The summed E-state index contributed by atoms with van der Waals surface area (Å²) in [6.45, 7) is 4.47. The number of amides is 1. The number of allylic oxidation sites excluding steroid dienone is 1. The van der Waals surface area contributed by atoms with Gasteiger partial charge in [0.25, 0.3) is 5.91 Å². The predicted octanol–water partition coefficient (Wildman–Crippen LogP) is 1.42. The largest absolute Gasteiger partial charge is 0.393 e. The lowest BCUT2D eigenvalue weighted by molar-refractivity contribution is -0.113. The zero-order valence-electron chi connectivity index (χ0n) is 9.58. The van der Waals surface area contributed by atoms with Crippen molar-refractivity contribution in [2.45, 2.75) is 13.8 Å². The van der Waals surface area contributed by atoms with Crippen LogP contribution in [-0.4, -0.2) is 12.5 Å². The summed E-state index contributed by atoms with van der Waals surface area (Å²) in [5, 5.41) is 5.72. The highest BCUT2D eigenvalue weighted by molar-refractivity contribution is 6.03. The molecule has 1 aromatic carbocycles. The van der Waals surface area contributed by atoms with E-state index in [1.54, 1.807) is 6.92 Å². The number of anilines is 1. The van der Waals surface area contributed by atoms with Crippen molar-refractivity contribution in [1.29, 1.82) is 0 Å². The minimum absolute atomic E-state index is 0.214. The van der Waals surface area contributed by atoms with Crippen molar-refractivity contribution in [3.05, 3.63) is 41.7 Å². The van der Waals surface area contributed by atoms with E-state index in [9.17, 15) is 4.79 Å². The average Bonchev–Trinajstić information content (AvgIpc) is 2.29. The standard InChI is InChI=1S/C12H17N3O/c1-3-14-9(2)11(13)12(16)15-10-7-5-4-6-8-10/h4-8,14H,3,13H2,1-2H3,(H,15,16). The molecule has 0 unspecified atom stereocenters. The van der Waals surface area contributed by atoms with Crippen LogP contribution in [-0.2, 0) is 4.79 Å². The molecule has 4 heteroatoms. The van der Waals surface area contributed by atoms with Crippen LogP contribution in [0.2, 0.25) is 0 Å². The SMILES string of the molecule is CCNC(C)=C(N)C(=O)Nc1ccccc1. The molecule has 0 radical (unpaired) electrons. The molecule has 1 amide bonds. The molecule has 0 aromatic heterocycles. The summed E-state index contributed by atoms with van der Waals surface area (Å²) in [4.78, 5) is 11.7. The number of carbonyl (C=O) groups is 1. The van der Waals surface area contributed by atoms with Gasteiger partial charge in [-0.2, -0.15) is 0 Å². The lowest BCUT2D eigenvalue weighted by Gasteiger charge is -2.09. The molecule has 16 heavy (non-hydrogen) atoms. The monoisotopic (exact) mass is 219 g/mol. The van der Waals surface area contributed by atoms with Crippen LogP contribution in [0.5, 0.6) is 0 Å². The highest BCUT2D eigenvalue weighted by Gasteiger charge is 2.08. The molecule has 86 valence electrons. The molecule has 0 bridgehead atoms. The second kappa shape index (κ2) is 5.80. The van der Waals surface area contributed by atoms with E-state index in [1.165, 1.54) is 0 Å². The average molecular weight is 219 g/mol. The number of para-hydroxylation sites is 1. The molecule has 0 atom stereocenters. The first-order valence-corrected chi connectivity index (χ1v) is 5.21. The van der Waals surface area contributed by atoms with Crippen molar-refractivity contribution < 1.29 is 4.79 Å². The molecular formula is C12H17N3O. The van der Waals surface area contributed by atoms with Gasteiger partial charge in [0, 0.05) is 17.9 Å². The fraction of sp³-hybridized carbons (Fsp3) is 0.250. The Labute approximate surface area is 95.5 Å². The van der Waals surface area contributed by atoms with E-state index in [2.05, 4.69) is 10.6 Å². The molecule has 0 heterocycles. The van der Waals surface area contributed by atoms with Crippen LogP contribution in [0.3, 0.4) is 0 Å². The molecule has 4 nitrogen and oxygen atoms in total. The quantitative estimate of drug-likeness (QED) is 0.671. The first kappa shape index (κ1) is 12.1. The van der Waals surface area contributed by atoms with Gasteiger partial charge in [-0.05, 0) is 26.0 Å². The second-order valence-corrected chi connectivity index (χ2v) is 3.39. The summed E-state index contributed by atoms with van der Waals surface area (Å²) in [5.41, 5.74) is 7.34. The number of carbonyl (C=O) groups excluding carboxylic acids is 1. The van der Waals surface area contributed by atoms with Gasteiger partial charge in [-0.3, -0.25) is 4.79 Å². The fourth-order valence-corrected chi connectivity index (χ4v) is 1.25. The van der Waals surface area contributed by atoms with Gasteiger partial charge >= 0.3 is 0 Å². The van der Waals surface area contributed by atoms with E-state index in [0.717, 1.165) is 12.2 Å². The molecule has 0 saturated heterocycles. The van der Waals surface area contributed by atoms with Crippen LogP contribution in [0.25, 0.3) is 0 Å². The Morgan fingerprint density at radius 3 is 2.50 bits per heavy atom. The Bertz CT molecular complexity index is 385. The summed E-state index contributed by atoms with van der Waals surface area (Å²) < 4.78 is 0. The summed E-state index contributed by atoms with van der Waals surface area (Å²) >= 11 is 0. The Morgan fingerprint density at radius 1 is 1.31 bits per heavy atom. The maximum atomic E-state index is 11.7. The van der Waals surface area contributed by atoms with Gasteiger partial charge in [-0.25, -0.2) is 0 Å². The summed E-state index contributed by atoms with van der Waals surface area (Å²) in [6, 6.07) is 9.22. The molecule has 0 fully saturated rings. The van der Waals surface area contributed by atoms with E-state index >= 15 is 0 Å². The third kappa shape index (κ3) is 3.31. The molecule has 0 spiro atoms. The zero-order valence-corrected chi connectivity index (χ0v) is 9.58. The van der Waals surface area contributed by atoms with Crippen LogP contribution in [0.1, 0.15) is 13.8 Å². The smallest absolute Gasteiger partial charge is 0.273 e. The maximum Gasteiger partial charge on any atom is 0.273 e. The van der Waals surface area contributed by atoms with E-state index in [-0.39, 0.29) is 11.6 Å². The normalized spacial score (nSPS) is 11.6. The zero-order chi connectivity index (χ0) is 12.0. The summed E-state index contributed by atoms with van der Waals surface area (Å²) in [5.74, 6) is -0.287. The third-order valence-corrected chi connectivity index (χ3v) is 2.12. The first-order valence-electron chi connectivity index (χ1n) is 5.21. The van der Waals surface area contributed by atoms with E-state index in [0.29, 0.717) is 5.70 Å². The summed E-state index contributed by atoms with van der Waals surface area (Å²) in [6.07, 6.45) is 0. The summed E-state index contributed by atoms with van der Waals surface area (Å²) in [7, 11) is 0. The topological polar surface area (TPSA) is 67.1 Å². The number of nitrogens with one attached hydrogen (secondary N) is 2. The van der Waals surface area contributed by atoms with E-state index in [1.807, 2.05) is 37.3 Å². The van der Waals surface area contributed by atoms with Gasteiger partial charge in [0.15, 0.2) is 0 Å². The van der Waals surface area contributed by atoms with Crippen LogP contribution in [0, 0.1) is 0 Å². The fourth-order valence-electron chi connectivity index (χ4n) is 1.25. The number of rotatable bonds is 4. The molecule has 4 N–H and O–H groups in total. The lowest BCUT2D eigenvalue weighted by Crippen LogP contribution is -2.25. The Morgan fingerprint density at radius 2 is 1.94 bits per heavy atom. The number of hydrogen-bond acceptors (Lipinski definition) is 3. The van der Waals surface area contributed by atoms with E-state index < -0.39 is 0 Å². The minimum atomic E-state index is -0.287. The van der Waals surface area contributed by atoms with Crippen molar-refractivity contribution in [3.8, 4) is 0 Å². The second-order valence-electron chi connectivity index (χ2n) is 3.39. The molecule has 0 aliphatic carbocycles. The molecule has 0 aliphatic rings.